The normalized spacial score (nSPS) is 23.6. The summed E-state index contributed by atoms with van der Waals surface area (Å²) in [5.74, 6) is -0.583. The molecule has 1 aromatic rings. The first kappa shape index (κ1) is 21.3. The van der Waals surface area contributed by atoms with Gasteiger partial charge in [0.1, 0.15) is 18.7 Å². The van der Waals surface area contributed by atoms with Gasteiger partial charge in [0.05, 0.1) is 5.54 Å². The van der Waals surface area contributed by atoms with E-state index >= 15 is 0 Å². The van der Waals surface area contributed by atoms with Crippen LogP contribution in [0.4, 0.5) is 9.18 Å². The van der Waals surface area contributed by atoms with Gasteiger partial charge in [0, 0.05) is 12.5 Å². The highest BCUT2D eigenvalue weighted by molar-refractivity contribution is 6.32. The Labute approximate surface area is 168 Å². The second-order valence-electron chi connectivity index (χ2n) is 7.37. The van der Waals surface area contributed by atoms with Gasteiger partial charge in [-0.05, 0) is 49.5 Å². The molecule has 10 heteroatoms. The van der Waals surface area contributed by atoms with Gasteiger partial charge in [-0.1, -0.05) is 18.7 Å². The molecule has 3 N–H and O–H groups in total. The van der Waals surface area contributed by atoms with Crippen molar-refractivity contribution in [1.29, 1.82) is 0 Å². The number of rotatable bonds is 8. The first-order chi connectivity index (χ1) is 13.8. The minimum absolute atomic E-state index is 0.0276. The van der Waals surface area contributed by atoms with E-state index in [-0.39, 0.29) is 25.0 Å². The second kappa shape index (κ2) is 8.94. The predicted octanol–water partition coefficient (Wildman–Crippen LogP) is 1.12. The molecule has 1 atom stereocenters. The molecule has 0 aromatic heterocycles. The van der Waals surface area contributed by atoms with E-state index in [1.54, 1.807) is 4.90 Å². The maximum atomic E-state index is 13.0. The van der Waals surface area contributed by atoms with Crippen LogP contribution in [0.5, 0.6) is 0 Å². The Bertz CT molecular complexity index is 752. The molecule has 2 aliphatic heterocycles. The summed E-state index contributed by atoms with van der Waals surface area (Å²) in [4.78, 5) is 26.3. The fourth-order valence-electron chi connectivity index (χ4n) is 4.24. The second-order valence-corrected chi connectivity index (χ2v) is 7.37. The summed E-state index contributed by atoms with van der Waals surface area (Å²) in [7, 11) is -2.11. The molecule has 3 rings (SSSR count). The molecule has 2 bridgehead atoms. The third-order valence-electron chi connectivity index (χ3n) is 5.55. The van der Waals surface area contributed by atoms with E-state index in [1.807, 2.05) is 0 Å². The van der Waals surface area contributed by atoms with E-state index in [4.69, 9.17) is 19.4 Å². The van der Waals surface area contributed by atoms with Crippen LogP contribution in [0.1, 0.15) is 31.2 Å². The zero-order valence-electron chi connectivity index (χ0n) is 15.9. The van der Waals surface area contributed by atoms with Crippen molar-refractivity contribution in [2.24, 2.45) is 0 Å². The average Bonchev–Trinajstić information content (AvgIpc) is 3.23. The summed E-state index contributed by atoms with van der Waals surface area (Å²) < 4.78 is 23.3. The number of benzene rings is 1. The minimum atomic E-state index is -2.11. The molecule has 2 aliphatic rings. The van der Waals surface area contributed by atoms with Crippen molar-refractivity contribution in [1.82, 2.24) is 10.2 Å². The Morgan fingerprint density at radius 1 is 1.34 bits per heavy atom. The largest absolute Gasteiger partial charge is 0.635 e. The van der Waals surface area contributed by atoms with E-state index < -0.39 is 31.0 Å². The first-order valence-electron chi connectivity index (χ1n) is 9.48. The molecule has 8 nitrogen and oxygen atoms in total. The van der Waals surface area contributed by atoms with E-state index in [1.165, 1.54) is 30.3 Å². The van der Waals surface area contributed by atoms with Gasteiger partial charge < -0.3 is 24.3 Å². The average molecular weight is 406 g/mol. The summed E-state index contributed by atoms with van der Waals surface area (Å²) in [6.45, 7) is 3.57. The number of carbonyl (C=O) groups excluding carboxylic acids is 2. The number of carbonyl (C=O) groups is 2. The van der Waals surface area contributed by atoms with Gasteiger partial charge in [-0.25, -0.2) is 9.18 Å². The van der Waals surface area contributed by atoms with Crippen LogP contribution < -0.4 is 5.32 Å². The molecule has 2 amide bonds. The number of nitrogens with zero attached hydrogens (tertiary/aromatic N) is 1. The molecule has 29 heavy (non-hydrogen) atoms. The van der Waals surface area contributed by atoms with Crippen LogP contribution in [0.2, 0.25) is 0 Å². The van der Waals surface area contributed by atoms with Crippen LogP contribution in [0.3, 0.4) is 0 Å². The van der Waals surface area contributed by atoms with Crippen LogP contribution in [-0.2, 0) is 20.6 Å². The lowest BCUT2D eigenvalue weighted by Gasteiger charge is -2.34. The Balaban J connectivity index is 1.59. The van der Waals surface area contributed by atoms with E-state index in [9.17, 15) is 14.0 Å². The topological polar surface area (TPSA) is 108 Å². The highest BCUT2D eigenvalue weighted by atomic mass is 19.1. The highest BCUT2D eigenvalue weighted by Crippen LogP contribution is 2.46. The van der Waals surface area contributed by atoms with Gasteiger partial charge in [-0.3, -0.25) is 10.1 Å². The van der Waals surface area contributed by atoms with Crippen LogP contribution in [-0.4, -0.2) is 58.7 Å². The number of halogens is 1. The van der Waals surface area contributed by atoms with Crippen molar-refractivity contribution < 1.29 is 33.4 Å². The van der Waals surface area contributed by atoms with Gasteiger partial charge in [0.15, 0.2) is 0 Å². The molecule has 2 heterocycles. The Morgan fingerprint density at radius 2 is 2.00 bits per heavy atom. The van der Waals surface area contributed by atoms with Crippen molar-refractivity contribution in [2.75, 3.05) is 6.61 Å². The standard InChI is InChI=1S/C19H24BFN2O6/c1-2-17(24)23-15-7-9-19(23,10-8-15)12-28-18(25)22-16(29-20(26)27)11-13-3-5-14(21)6-4-13/h2-6,15-16,26-27H,1,7-12H2,(H,22,25)/t15?,16-,19?/m1/s1. The molecule has 0 radical (unpaired) electrons. The number of amides is 2. The van der Waals surface area contributed by atoms with Crippen molar-refractivity contribution in [3.8, 4) is 0 Å². The summed E-state index contributed by atoms with van der Waals surface area (Å²) in [5.41, 5.74) is 0.0880. The Kier molecular flexibility index (Phi) is 6.56. The monoisotopic (exact) mass is 406 g/mol. The van der Waals surface area contributed by atoms with Crippen molar-refractivity contribution in [3.63, 3.8) is 0 Å². The molecular formula is C19H24BFN2O6. The summed E-state index contributed by atoms with van der Waals surface area (Å²) in [6.07, 6.45) is 2.64. The molecule has 0 aliphatic carbocycles. The van der Waals surface area contributed by atoms with E-state index in [0.717, 1.165) is 25.7 Å². The number of nitrogens with one attached hydrogen (secondary N) is 1. The third-order valence-corrected chi connectivity index (χ3v) is 5.55. The van der Waals surface area contributed by atoms with Crippen molar-refractivity contribution >= 4 is 19.3 Å². The fraction of sp³-hybridized carbons (Fsp3) is 0.474. The zero-order valence-corrected chi connectivity index (χ0v) is 15.9. The summed E-state index contributed by atoms with van der Waals surface area (Å²) in [6, 6.07) is 5.64. The van der Waals surface area contributed by atoms with Gasteiger partial charge >= 0.3 is 13.4 Å². The SMILES string of the molecule is C=CC(=O)N1C2CCC1(COC(=O)N[C@@H](Cc1ccc(F)cc1)OB(O)O)CC2. The zero-order chi connectivity index (χ0) is 21.0. The molecule has 2 fully saturated rings. The van der Waals surface area contributed by atoms with E-state index in [2.05, 4.69) is 11.9 Å². The maximum absolute atomic E-state index is 13.0. The van der Waals surface area contributed by atoms with Gasteiger partial charge in [0.25, 0.3) is 0 Å². The van der Waals surface area contributed by atoms with Gasteiger partial charge in [0.2, 0.25) is 5.91 Å². The lowest BCUT2D eigenvalue weighted by molar-refractivity contribution is -0.131. The molecular weight excluding hydrogens is 382 g/mol. The predicted molar refractivity (Wildman–Crippen MR) is 102 cm³/mol. The van der Waals surface area contributed by atoms with Crippen molar-refractivity contribution in [2.45, 2.75) is 49.9 Å². The van der Waals surface area contributed by atoms with Crippen LogP contribution in [0.15, 0.2) is 36.9 Å². The van der Waals surface area contributed by atoms with Gasteiger partial charge in [-0.15, -0.1) is 0 Å². The van der Waals surface area contributed by atoms with Gasteiger partial charge in [-0.2, -0.15) is 0 Å². The quantitative estimate of drug-likeness (QED) is 0.339. The number of ether oxygens (including phenoxy) is 1. The van der Waals surface area contributed by atoms with Crippen LogP contribution >= 0.6 is 0 Å². The third kappa shape index (κ3) is 4.95. The van der Waals surface area contributed by atoms with Crippen LogP contribution in [0, 0.1) is 5.82 Å². The number of alkyl carbamates (subject to hydrolysis) is 1. The molecule has 156 valence electrons. The molecule has 2 saturated heterocycles. The fourth-order valence-corrected chi connectivity index (χ4v) is 4.24. The number of hydrogen-bond donors (Lipinski definition) is 3. The number of fused-ring (bicyclic) bond motifs is 2. The summed E-state index contributed by atoms with van der Waals surface area (Å²) in [5, 5.41) is 20.6. The molecule has 0 unspecified atom stereocenters. The Hall–Kier alpha value is -2.43. The lowest BCUT2D eigenvalue weighted by atomic mass is 9.88. The smallest absolute Gasteiger partial charge is 0.447 e. The Morgan fingerprint density at radius 3 is 2.59 bits per heavy atom. The maximum Gasteiger partial charge on any atom is 0.635 e. The highest BCUT2D eigenvalue weighted by Gasteiger charge is 2.54. The summed E-state index contributed by atoms with van der Waals surface area (Å²) >= 11 is 0. The minimum Gasteiger partial charge on any atom is -0.447 e. The van der Waals surface area contributed by atoms with E-state index in [0.29, 0.717) is 5.56 Å². The molecule has 1 aromatic carbocycles. The first-order valence-corrected chi connectivity index (χ1v) is 9.48. The molecule has 0 saturated carbocycles. The number of hydrogen-bond acceptors (Lipinski definition) is 6. The lowest BCUT2D eigenvalue weighted by Crippen LogP contribution is -2.49. The van der Waals surface area contributed by atoms with Crippen LogP contribution in [0.25, 0.3) is 0 Å². The molecule has 0 spiro atoms. The van der Waals surface area contributed by atoms with Crippen molar-refractivity contribution in [3.05, 3.63) is 48.3 Å².